The van der Waals surface area contributed by atoms with Crippen LogP contribution in [0, 0.1) is 0 Å². The second-order valence-electron chi connectivity index (χ2n) is 3.17. The number of hydrogen-bond acceptors (Lipinski definition) is 1. The van der Waals surface area contributed by atoms with E-state index in [4.69, 9.17) is 5.11 Å². The molecular weight excluding hydrogens is 180 g/mol. The van der Waals surface area contributed by atoms with Gasteiger partial charge in [-0.25, -0.2) is 0 Å². The van der Waals surface area contributed by atoms with Gasteiger partial charge in [-0.2, -0.15) is 0 Å². The van der Waals surface area contributed by atoms with Gasteiger partial charge < -0.3 is 5.11 Å². The van der Waals surface area contributed by atoms with Gasteiger partial charge in [-0.05, 0) is 17.8 Å². The van der Waals surface area contributed by atoms with Crippen molar-refractivity contribution in [3.8, 4) is 0 Å². The van der Waals surface area contributed by atoms with Gasteiger partial charge in [0.1, 0.15) is 11.0 Å². The molecule has 0 bridgehead atoms. The van der Waals surface area contributed by atoms with Crippen LogP contribution in [0.5, 0.6) is 0 Å². The second kappa shape index (κ2) is 5.30. The summed E-state index contributed by atoms with van der Waals surface area (Å²) in [6.45, 7) is 2.53. The minimum absolute atomic E-state index is 0.284. The third-order valence-electron chi connectivity index (χ3n) is 2.29. The lowest BCUT2D eigenvalue weighted by atomic mass is 10.2. The molecule has 0 spiro atoms. The molecule has 0 amide bonds. The molecule has 0 fully saturated rings. The molecule has 1 N–H and O–H groups in total. The Bertz CT molecular complexity index is 235. The van der Waals surface area contributed by atoms with Gasteiger partial charge in [-0.3, -0.25) is 0 Å². The summed E-state index contributed by atoms with van der Waals surface area (Å²) in [5.41, 5.74) is 1.38. The monoisotopic (exact) mass is 197 g/mol. The zero-order chi connectivity index (χ0) is 9.68. The first-order valence-electron chi connectivity index (χ1n) is 4.53. The molecule has 1 rings (SSSR count). The van der Waals surface area contributed by atoms with Gasteiger partial charge in [0.2, 0.25) is 0 Å². The van der Waals surface area contributed by atoms with Crippen LogP contribution >= 0.6 is 0 Å². The van der Waals surface area contributed by atoms with Crippen molar-refractivity contribution >= 4 is 10.9 Å². The summed E-state index contributed by atoms with van der Waals surface area (Å²) in [5.74, 6) is 0.913. The molecule has 1 aromatic carbocycles. The van der Waals surface area contributed by atoms with Crippen LogP contribution in [0.15, 0.2) is 30.3 Å². The summed E-state index contributed by atoms with van der Waals surface area (Å²) in [5, 5.41) is 9.40. The lowest BCUT2D eigenvalue weighted by Gasteiger charge is -2.10. The number of hydrogen-bond donors (Lipinski definition) is 1. The lowest BCUT2D eigenvalue weighted by Crippen LogP contribution is -2.15. The van der Waals surface area contributed by atoms with Gasteiger partial charge in [0.25, 0.3) is 0 Å². The van der Waals surface area contributed by atoms with Crippen LogP contribution in [0.1, 0.15) is 17.7 Å². The second-order valence-corrected chi connectivity index (χ2v) is 5.67. The molecular formula is C11H17OS+. The van der Waals surface area contributed by atoms with E-state index in [2.05, 4.69) is 37.4 Å². The molecule has 0 aliphatic rings. The Morgan fingerprint density at radius 3 is 2.46 bits per heavy atom. The highest BCUT2D eigenvalue weighted by Crippen LogP contribution is 2.21. The van der Waals surface area contributed by atoms with Crippen molar-refractivity contribution in [1.82, 2.24) is 0 Å². The minimum atomic E-state index is 0.284. The summed E-state index contributed by atoms with van der Waals surface area (Å²) >= 11 is 0. The maximum atomic E-state index is 8.84. The summed E-state index contributed by atoms with van der Waals surface area (Å²) in [6.07, 6.45) is 2.22. The van der Waals surface area contributed by atoms with Crippen LogP contribution in [0.3, 0.4) is 0 Å². The molecule has 1 aromatic rings. The Balaban J connectivity index is 2.62. The van der Waals surface area contributed by atoms with Crippen LogP contribution < -0.4 is 0 Å². The van der Waals surface area contributed by atoms with E-state index in [1.807, 2.05) is 6.07 Å². The van der Waals surface area contributed by atoms with Crippen LogP contribution in [0.25, 0.3) is 0 Å². The zero-order valence-electron chi connectivity index (χ0n) is 8.23. The molecule has 2 heteroatoms. The molecule has 13 heavy (non-hydrogen) atoms. The van der Waals surface area contributed by atoms with Gasteiger partial charge >= 0.3 is 0 Å². The Labute approximate surface area is 83.1 Å². The van der Waals surface area contributed by atoms with E-state index < -0.39 is 0 Å². The summed E-state index contributed by atoms with van der Waals surface area (Å²) < 4.78 is 0. The van der Waals surface area contributed by atoms with Crippen molar-refractivity contribution in [1.29, 1.82) is 0 Å². The fourth-order valence-electron chi connectivity index (χ4n) is 1.28. The smallest absolute Gasteiger partial charge is 0.140 e. The minimum Gasteiger partial charge on any atom is -0.391 e. The topological polar surface area (TPSA) is 20.2 Å². The molecule has 0 heterocycles. The quantitative estimate of drug-likeness (QED) is 0.732. The fourth-order valence-corrected chi connectivity index (χ4v) is 2.54. The average Bonchev–Trinajstić information content (AvgIpc) is 2.18. The zero-order valence-corrected chi connectivity index (χ0v) is 9.05. The number of rotatable bonds is 4. The van der Waals surface area contributed by atoms with E-state index in [9.17, 15) is 0 Å². The van der Waals surface area contributed by atoms with E-state index >= 15 is 0 Å². The van der Waals surface area contributed by atoms with Gasteiger partial charge in [-0.1, -0.05) is 30.3 Å². The molecule has 0 saturated carbocycles. The number of aliphatic hydroxyl groups is 1. The molecule has 1 nitrogen and oxygen atoms in total. The van der Waals surface area contributed by atoms with Crippen LogP contribution in [0.2, 0.25) is 0 Å². The third kappa shape index (κ3) is 3.05. The van der Waals surface area contributed by atoms with Crippen molar-refractivity contribution in [2.45, 2.75) is 12.2 Å². The average molecular weight is 197 g/mol. The molecule has 0 aliphatic carbocycles. The van der Waals surface area contributed by atoms with Gasteiger partial charge in [0.15, 0.2) is 0 Å². The van der Waals surface area contributed by atoms with E-state index in [-0.39, 0.29) is 10.9 Å². The highest BCUT2D eigenvalue weighted by Gasteiger charge is 2.21. The van der Waals surface area contributed by atoms with Crippen molar-refractivity contribution < 1.29 is 5.11 Å². The largest absolute Gasteiger partial charge is 0.391 e. The fraction of sp³-hybridized carbons (Fsp3) is 0.455. The normalized spacial score (nSPS) is 15.3. The molecule has 72 valence electrons. The predicted molar refractivity (Wildman–Crippen MR) is 60.1 cm³/mol. The van der Waals surface area contributed by atoms with Gasteiger partial charge in [-0.15, -0.1) is 0 Å². The Hall–Kier alpha value is -0.470. The first-order chi connectivity index (χ1) is 6.25. The number of benzene rings is 1. The molecule has 0 radical (unpaired) electrons. The summed E-state index contributed by atoms with van der Waals surface area (Å²) in [7, 11) is 0.284. The van der Waals surface area contributed by atoms with Crippen LogP contribution in [-0.4, -0.2) is 23.7 Å². The first-order valence-corrected chi connectivity index (χ1v) is 6.39. The number of aliphatic hydroxyl groups excluding tert-OH is 1. The molecule has 0 saturated heterocycles. The van der Waals surface area contributed by atoms with Crippen molar-refractivity contribution in [3.05, 3.63) is 35.9 Å². The van der Waals surface area contributed by atoms with E-state index in [1.165, 1.54) is 5.56 Å². The lowest BCUT2D eigenvalue weighted by molar-refractivity contribution is 0.322. The van der Waals surface area contributed by atoms with Crippen LogP contribution in [0.4, 0.5) is 0 Å². The van der Waals surface area contributed by atoms with Crippen molar-refractivity contribution in [2.24, 2.45) is 0 Å². The van der Waals surface area contributed by atoms with Crippen molar-refractivity contribution in [3.63, 3.8) is 0 Å². The summed E-state index contributed by atoms with van der Waals surface area (Å²) in [6, 6.07) is 10.5. The third-order valence-corrected chi connectivity index (χ3v) is 4.59. The highest BCUT2D eigenvalue weighted by atomic mass is 32.2. The Morgan fingerprint density at radius 1 is 1.31 bits per heavy atom. The maximum absolute atomic E-state index is 8.84. The first kappa shape index (κ1) is 10.6. The Morgan fingerprint density at radius 2 is 1.92 bits per heavy atom. The van der Waals surface area contributed by atoms with Crippen LogP contribution in [-0.2, 0) is 10.9 Å². The molecule has 0 aromatic heterocycles. The SMILES string of the molecule is CC(c1ccccc1)[S+](C)CCO. The molecule has 0 aliphatic heterocycles. The Kier molecular flexibility index (Phi) is 4.33. The van der Waals surface area contributed by atoms with Gasteiger partial charge in [0.05, 0.1) is 12.9 Å². The van der Waals surface area contributed by atoms with Gasteiger partial charge in [0, 0.05) is 5.56 Å². The summed E-state index contributed by atoms with van der Waals surface area (Å²) in [4.78, 5) is 0. The van der Waals surface area contributed by atoms with E-state index in [0.717, 1.165) is 5.75 Å². The van der Waals surface area contributed by atoms with E-state index in [1.54, 1.807) is 0 Å². The molecule has 2 unspecified atom stereocenters. The highest BCUT2D eigenvalue weighted by molar-refractivity contribution is 7.96. The molecule has 2 atom stereocenters. The van der Waals surface area contributed by atoms with Crippen molar-refractivity contribution in [2.75, 3.05) is 18.6 Å². The maximum Gasteiger partial charge on any atom is 0.140 e. The predicted octanol–water partition coefficient (Wildman–Crippen LogP) is 1.99. The van der Waals surface area contributed by atoms with E-state index in [0.29, 0.717) is 11.9 Å². The standard InChI is InChI=1S/C11H17OS/c1-10(13(2)9-8-12)11-6-4-3-5-7-11/h3-7,10,12H,8-9H2,1-2H3/q+1.